The molecule has 0 saturated heterocycles. The lowest BCUT2D eigenvalue weighted by Gasteiger charge is -2.11. The van der Waals surface area contributed by atoms with Crippen molar-refractivity contribution in [3.8, 4) is 5.75 Å². The third-order valence-corrected chi connectivity index (χ3v) is 3.85. The molecule has 0 bridgehead atoms. The van der Waals surface area contributed by atoms with Crippen molar-refractivity contribution in [2.75, 3.05) is 19.0 Å². The van der Waals surface area contributed by atoms with Gasteiger partial charge in [0.2, 0.25) is 0 Å². The van der Waals surface area contributed by atoms with Gasteiger partial charge in [0.15, 0.2) is 6.61 Å². The van der Waals surface area contributed by atoms with E-state index in [0.29, 0.717) is 17.0 Å². The number of anilines is 1. The molecule has 1 N–H and O–H groups in total. The van der Waals surface area contributed by atoms with Gasteiger partial charge in [-0.2, -0.15) is 0 Å². The molecule has 0 heterocycles. The molecule has 6 heteroatoms. The topological polar surface area (TPSA) is 64.6 Å². The fourth-order valence-electron chi connectivity index (χ4n) is 2.11. The molecular formula is C18H18BrNO4. The second kappa shape index (κ2) is 8.49. The third kappa shape index (κ3) is 4.83. The first-order chi connectivity index (χ1) is 11.5. The van der Waals surface area contributed by atoms with E-state index in [4.69, 9.17) is 4.74 Å². The van der Waals surface area contributed by atoms with Crippen molar-refractivity contribution in [3.63, 3.8) is 0 Å². The lowest BCUT2D eigenvalue weighted by Crippen LogP contribution is -2.20. The number of methoxy groups -OCH3 is 1. The minimum Gasteiger partial charge on any atom is -0.483 e. The first-order valence-corrected chi connectivity index (χ1v) is 8.22. The molecule has 2 aromatic carbocycles. The number of benzene rings is 2. The summed E-state index contributed by atoms with van der Waals surface area (Å²) in [7, 11) is 1.32. The number of ether oxygens (including phenoxy) is 2. The Kier molecular flexibility index (Phi) is 6.37. The summed E-state index contributed by atoms with van der Waals surface area (Å²) in [5, 5.41) is 2.72. The Morgan fingerprint density at radius 1 is 1.12 bits per heavy atom. The summed E-state index contributed by atoms with van der Waals surface area (Å²) in [6.45, 7) is 1.94. The number of esters is 1. The van der Waals surface area contributed by atoms with E-state index in [0.717, 1.165) is 16.5 Å². The fourth-order valence-corrected chi connectivity index (χ4v) is 2.52. The average Bonchev–Trinajstić information content (AvgIpc) is 2.60. The van der Waals surface area contributed by atoms with Gasteiger partial charge in [0, 0.05) is 10.2 Å². The molecule has 2 rings (SSSR count). The Hall–Kier alpha value is -2.34. The second-order valence-corrected chi connectivity index (χ2v) is 5.93. The molecule has 0 aliphatic rings. The standard InChI is InChI=1S/C18H18BrNO4/c1-3-12-10-14(19)6-9-16(12)24-11-17(21)20-15-7-4-13(5-8-15)18(22)23-2/h4-10H,3,11H2,1-2H3,(H,20,21). The summed E-state index contributed by atoms with van der Waals surface area (Å²) in [5.74, 6) is 0.00113. The Bertz CT molecular complexity index is 728. The molecule has 24 heavy (non-hydrogen) atoms. The minimum atomic E-state index is -0.418. The van der Waals surface area contributed by atoms with Crippen molar-refractivity contribution in [2.45, 2.75) is 13.3 Å². The number of carbonyl (C=O) groups is 2. The highest BCUT2D eigenvalue weighted by Gasteiger charge is 2.09. The van der Waals surface area contributed by atoms with Gasteiger partial charge in [-0.3, -0.25) is 4.79 Å². The molecular weight excluding hydrogens is 374 g/mol. The van der Waals surface area contributed by atoms with Crippen LogP contribution in [-0.2, 0) is 16.0 Å². The molecule has 1 amide bonds. The molecule has 0 radical (unpaired) electrons. The summed E-state index contributed by atoms with van der Waals surface area (Å²) < 4.78 is 11.2. The maximum absolute atomic E-state index is 12.0. The van der Waals surface area contributed by atoms with Gasteiger partial charge in [0.05, 0.1) is 12.7 Å². The lowest BCUT2D eigenvalue weighted by molar-refractivity contribution is -0.118. The molecule has 0 spiro atoms. The molecule has 0 aromatic heterocycles. The molecule has 126 valence electrons. The van der Waals surface area contributed by atoms with Crippen LogP contribution in [-0.4, -0.2) is 25.6 Å². The van der Waals surface area contributed by atoms with Gasteiger partial charge in [0.25, 0.3) is 5.91 Å². The summed E-state index contributed by atoms with van der Waals surface area (Å²) in [5.41, 5.74) is 2.04. The van der Waals surface area contributed by atoms with Gasteiger partial charge >= 0.3 is 5.97 Å². The van der Waals surface area contributed by atoms with E-state index >= 15 is 0 Å². The van der Waals surface area contributed by atoms with Crippen LogP contribution in [0.25, 0.3) is 0 Å². The third-order valence-electron chi connectivity index (χ3n) is 3.35. The number of hydrogen-bond acceptors (Lipinski definition) is 4. The highest BCUT2D eigenvalue weighted by atomic mass is 79.9. The van der Waals surface area contributed by atoms with Gasteiger partial charge in [-0.05, 0) is 54.4 Å². The predicted octanol–water partition coefficient (Wildman–Crippen LogP) is 3.82. The SMILES string of the molecule is CCc1cc(Br)ccc1OCC(=O)Nc1ccc(C(=O)OC)cc1. The number of carbonyl (C=O) groups excluding carboxylic acids is 2. The summed E-state index contributed by atoms with van der Waals surface area (Å²) in [6, 6.07) is 12.1. The number of amides is 1. The number of rotatable bonds is 6. The van der Waals surface area contributed by atoms with Crippen LogP contribution in [0.5, 0.6) is 5.75 Å². The van der Waals surface area contributed by atoms with Crippen LogP contribution >= 0.6 is 15.9 Å². The monoisotopic (exact) mass is 391 g/mol. The number of nitrogens with one attached hydrogen (secondary N) is 1. The quantitative estimate of drug-likeness (QED) is 0.760. The van der Waals surface area contributed by atoms with Gasteiger partial charge in [-0.1, -0.05) is 22.9 Å². The Morgan fingerprint density at radius 2 is 1.83 bits per heavy atom. The van der Waals surface area contributed by atoms with Crippen LogP contribution in [0.4, 0.5) is 5.69 Å². The van der Waals surface area contributed by atoms with Crippen LogP contribution in [0.15, 0.2) is 46.9 Å². The minimum absolute atomic E-state index is 0.0899. The molecule has 5 nitrogen and oxygen atoms in total. The molecule has 0 saturated carbocycles. The van der Waals surface area contributed by atoms with Crippen molar-refractivity contribution in [3.05, 3.63) is 58.1 Å². The van der Waals surface area contributed by atoms with Crippen LogP contribution in [0.2, 0.25) is 0 Å². The highest BCUT2D eigenvalue weighted by Crippen LogP contribution is 2.23. The van der Waals surface area contributed by atoms with E-state index in [2.05, 4.69) is 26.0 Å². The van der Waals surface area contributed by atoms with Gasteiger partial charge in [-0.25, -0.2) is 4.79 Å². The summed E-state index contributed by atoms with van der Waals surface area (Å²) in [4.78, 5) is 23.3. The Balaban J connectivity index is 1.93. The zero-order chi connectivity index (χ0) is 17.5. The first-order valence-electron chi connectivity index (χ1n) is 7.43. The molecule has 0 aliphatic carbocycles. The van der Waals surface area contributed by atoms with E-state index in [1.807, 2.05) is 25.1 Å². The molecule has 0 atom stereocenters. The van der Waals surface area contributed by atoms with Crippen LogP contribution in [0, 0.1) is 0 Å². The molecule has 2 aromatic rings. The normalized spacial score (nSPS) is 10.1. The molecule has 0 fully saturated rings. The van der Waals surface area contributed by atoms with Crippen LogP contribution < -0.4 is 10.1 Å². The van der Waals surface area contributed by atoms with Gasteiger partial charge in [-0.15, -0.1) is 0 Å². The lowest BCUT2D eigenvalue weighted by atomic mass is 10.1. The highest BCUT2D eigenvalue weighted by molar-refractivity contribution is 9.10. The summed E-state index contributed by atoms with van der Waals surface area (Å²) in [6.07, 6.45) is 0.811. The average molecular weight is 392 g/mol. The maximum Gasteiger partial charge on any atom is 0.337 e. The van der Waals surface area contributed by atoms with Crippen LogP contribution in [0.1, 0.15) is 22.8 Å². The largest absolute Gasteiger partial charge is 0.483 e. The number of aryl methyl sites for hydroxylation is 1. The maximum atomic E-state index is 12.0. The van der Waals surface area contributed by atoms with Gasteiger partial charge in [0.1, 0.15) is 5.75 Å². The van der Waals surface area contributed by atoms with Crippen molar-refractivity contribution < 1.29 is 19.1 Å². The van der Waals surface area contributed by atoms with E-state index in [1.54, 1.807) is 24.3 Å². The Labute approximate surface area is 149 Å². The van der Waals surface area contributed by atoms with Gasteiger partial charge < -0.3 is 14.8 Å². The predicted molar refractivity (Wildman–Crippen MR) is 95.4 cm³/mol. The number of halogens is 1. The van der Waals surface area contributed by atoms with Crippen molar-refractivity contribution >= 4 is 33.5 Å². The second-order valence-electron chi connectivity index (χ2n) is 5.01. The van der Waals surface area contributed by atoms with E-state index < -0.39 is 5.97 Å². The van der Waals surface area contributed by atoms with Crippen molar-refractivity contribution in [2.24, 2.45) is 0 Å². The van der Waals surface area contributed by atoms with Crippen LogP contribution in [0.3, 0.4) is 0 Å². The van der Waals surface area contributed by atoms with Crippen molar-refractivity contribution in [1.82, 2.24) is 0 Å². The van der Waals surface area contributed by atoms with E-state index in [-0.39, 0.29) is 12.5 Å². The smallest absolute Gasteiger partial charge is 0.337 e. The fraction of sp³-hybridized carbons (Fsp3) is 0.222. The molecule has 0 unspecified atom stereocenters. The van der Waals surface area contributed by atoms with Crippen molar-refractivity contribution in [1.29, 1.82) is 0 Å². The van der Waals surface area contributed by atoms with E-state index in [1.165, 1.54) is 7.11 Å². The zero-order valence-electron chi connectivity index (χ0n) is 13.5. The Morgan fingerprint density at radius 3 is 2.46 bits per heavy atom. The zero-order valence-corrected chi connectivity index (χ0v) is 15.1. The number of hydrogen-bond donors (Lipinski definition) is 1. The first kappa shape index (κ1) is 18.0. The van der Waals surface area contributed by atoms with E-state index in [9.17, 15) is 9.59 Å². The summed E-state index contributed by atoms with van der Waals surface area (Å²) >= 11 is 3.41. The molecule has 0 aliphatic heterocycles.